The second-order valence-corrected chi connectivity index (χ2v) is 8.33. The van der Waals surface area contributed by atoms with Gasteiger partial charge in [0.25, 0.3) is 0 Å². The predicted octanol–water partition coefficient (Wildman–Crippen LogP) is 4.12. The summed E-state index contributed by atoms with van der Waals surface area (Å²) in [5.74, 6) is 1.31. The minimum Gasteiger partial charge on any atom is -0.318 e. The Labute approximate surface area is 159 Å². The quantitative estimate of drug-likeness (QED) is 0.673. The average molecular weight is 357 g/mol. The van der Waals surface area contributed by atoms with Gasteiger partial charge in [0.15, 0.2) is 0 Å². The Balaban J connectivity index is 2.30. The molecular weight excluding hydrogens is 320 g/mol. The van der Waals surface area contributed by atoms with Crippen molar-refractivity contribution < 1.29 is 0 Å². The number of nitrogens with one attached hydrogen (secondary N) is 2. The number of benzene rings is 1. The molecule has 0 aliphatic heterocycles. The minimum absolute atomic E-state index is 0.656. The highest BCUT2D eigenvalue weighted by Crippen LogP contribution is 2.27. The highest BCUT2D eigenvalue weighted by Gasteiger charge is 2.13. The van der Waals surface area contributed by atoms with Crippen LogP contribution in [-0.2, 0) is 19.4 Å². The predicted molar refractivity (Wildman–Crippen MR) is 111 cm³/mol. The van der Waals surface area contributed by atoms with Crippen LogP contribution in [0.2, 0.25) is 0 Å². The van der Waals surface area contributed by atoms with Crippen molar-refractivity contribution in [2.45, 2.75) is 47.1 Å². The van der Waals surface area contributed by atoms with Crippen LogP contribution in [0.15, 0.2) is 24.4 Å². The van der Waals surface area contributed by atoms with E-state index in [9.17, 15) is 0 Å². The SMILES string of the molecule is CNCCN(C)Cc1c[nH]nc1-c1cc(CC(C)C)cc(CC(C)C)c1. The first kappa shape index (κ1) is 20.7. The molecule has 0 amide bonds. The third kappa shape index (κ3) is 6.26. The fourth-order valence-corrected chi connectivity index (χ4v) is 3.44. The Kier molecular flexibility index (Phi) is 7.85. The van der Waals surface area contributed by atoms with Gasteiger partial charge in [0.2, 0.25) is 0 Å². The number of likely N-dealkylation sites (N-methyl/N-ethyl adjacent to an activating group) is 2. The van der Waals surface area contributed by atoms with E-state index >= 15 is 0 Å². The van der Waals surface area contributed by atoms with E-state index in [0.717, 1.165) is 38.2 Å². The molecule has 0 unspecified atom stereocenters. The Morgan fingerprint density at radius 1 is 1.04 bits per heavy atom. The molecule has 2 aromatic rings. The van der Waals surface area contributed by atoms with Crippen molar-refractivity contribution in [3.05, 3.63) is 41.1 Å². The minimum atomic E-state index is 0.656. The van der Waals surface area contributed by atoms with Crippen LogP contribution in [0.5, 0.6) is 0 Å². The van der Waals surface area contributed by atoms with E-state index in [-0.39, 0.29) is 0 Å². The topological polar surface area (TPSA) is 44.0 Å². The van der Waals surface area contributed by atoms with Crippen molar-refractivity contribution in [2.24, 2.45) is 11.8 Å². The molecule has 0 saturated carbocycles. The molecule has 0 saturated heterocycles. The first-order chi connectivity index (χ1) is 12.4. The van der Waals surface area contributed by atoms with Crippen molar-refractivity contribution in [2.75, 3.05) is 27.2 Å². The van der Waals surface area contributed by atoms with Gasteiger partial charge < -0.3 is 10.2 Å². The monoisotopic (exact) mass is 356 g/mol. The Morgan fingerprint density at radius 3 is 2.19 bits per heavy atom. The normalized spacial score (nSPS) is 11.9. The molecule has 0 spiro atoms. The van der Waals surface area contributed by atoms with E-state index in [2.05, 4.69) is 73.4 Å². The van der Waals surface area contributed by atoms with Crippen molar-refractivity contribution in [3.8, 4) is 11.3 Å². The number of H-pyrrole nitrogens is 1. The largest absolute Gasteiger partial charge is 0.318 e. The zero-order chi connectivity index (χ0) is 19.1. The van der Waals surface area contributed by atoms with Crippen LogP contribution in [0.1, 0.15) is 44.4 Å². The highest BCUT2D eigenvalue weighted by atomic mass is 15.1. The lowest BCUT2D eigenvalue weighted by Gasteiger charge is -2.17. The zero-order valence-electron chi connectivity index (χ0n) is 17.4. The summed E-state index contributed by atoms with van der Waals surface area (Å²) < 4.78 is 0. The van der Waals surface area contributed by atoms with Gasteiger partial charge in [-0.15, -0.1) is 0 Å². The Bertz CT molecular complexity index is 644. The molecule has 1 aromatic carbocycles. The van der Waals surface area contributed by atoms with Gasteiger partial charge in [-0.3, -0.25) is 5.10 Å². The maximum atomic E-state index is 4.59. The molecular formula is C22H36N4. The number of hydrogen-bond donors (Lipinski definition) is 2. The lowest BCUT2D eigenvalue weighted by atomic mass is 9.93. The summed E-state index contributed by atoms with van der Waals surface area (Å²) in [7, 11) is 4.15. The highest BCUT2D eigenvalue weighted by molar-refractivity contribution is 5.64. The van der Waals surface area contributed by atoms with Gasteiger partial charge in [-0.2, -0.15) is 5.10 Å². The smallest absolute Gasteiger partial charge is 0.0965 e. The molecule has 0 aliphatic rings. The maximum Gasteiger partial charge on any atom is 0.0965 e. The zero-order valence-corrected chi connectivity index (χ0v) is 17.4. The van der Waals surface area contributed by atoms with Crippen molar-refractivity contribution in [1.82, 2.24) is 20.4 Å². The van der Waals surface area contributed by atoms with Crippen LogP contribution in [0.3, 0.4) is 0 Å². The van der Waals surface area contributed by atoms with Crippen LogP contribution in [-0.4, -0.2) is 42.3 Å². The number of rotatable bonds is 10. The Hall–Kier alpha value is -1.65. The second-order valence-electron chi connectivity index (χ2n) is 8.33. The molecule has 0 atom stereocenters. The molecule has 4 nitrogen and oxygen atoms in total. The standard InChI is InChI=1S/C22H36N4/c1-16(2)9-18-11-19(10-17(3)4)13-20(12-18)22-21(14-24-25-22)15-26(6)8-7-23-5/h11-14,16-17,23H,7-10,15H2,1-6H3,(H,24,25). The molecule has 4 heteroatoms. The molecule has 0 bridgehead atoms. The van der Waals surface area contributed by atoms with Gasteiger partial charge in [0.05, 0.1) is 5.69 Å². The molecule has 2 N–H and O–H groups in total. The summed E-state index contributed by atoms with van der Waals surface area (Å²) >= 11 is 0. The first-order valence-electron chi connectivity index (χ1n) is 9.88. The number of hydrogen-bond acceptors (Lipinski definition) is 3. The van der Waals surface area contributed by atoms with Gasteiger partial charge in [0, 0.05) is 37.0 Å². The van der Waals surface area contributed by atoms with E-state index in [1.54, 1.807) is 0 Å². The number of aromatic amines is 1. The van der Waals surface area contributed by atoms with Crippen molar-refractivity contribution in [3.63, 3.8) is 0 Å². The van der Waals surface area contributed by atoms with Crippen LogP contribution in [0.25, 0.3) is 11.3 Å². The third-order valence-electron chi connectivity index (χ3n) is 4.52. The number of aromatic nitrogens is 2. The van der Waals surface area contributed by atoms with E-state index in [0.29, 0.717) is 11.8 Å². The molecule has 0 radical (unpaired) electrons. The summed E-state index contributed by atoms with van der Waals surface area (Å²) in [5, 5.41) is 10.9. The van der Waals surface area contributed by atoms with Crippen LogP contribution in [0.4, 0.5) is 0 Å². The molecule has 26 heavy (non-hydrogen) atoms. The van der Waals surface area contributed by atoms with Gasteiger partial charge in [-0.25, -0.2) is 0 Å². The maximum absolute atomic E-state index is 4.59. The van der Waals surface area contributed by atoms with Gasteiger partial charge >= 0.3 is 0 Å². The fraction of sp³-hybridized carbons (Fsp3) is 0.591. The van der Waals surface area contributed by atoms with Gasteiger partial charge in [-0.05, 0) is 62.0 Å². The first-order valence-corrected chi connectivity index (χ1v) is 9.88. The third-order valence-corrected chi connectivity index (χ3v) is 4.52. The summed E-state index contributed by atoms with van der Waals surface area (Å²) in [4.78, 5) is 2.33. The van der Waals surface area contributed by atoms with E-state index < -0.39 is 0 Å². The Morgan fingerprint density at radius 2 is 1.65 bits per heavy atom. The molecule has 0 fully saturated rings. The summed E-state index contributed by atoms with van der Waals surface area (Å²) in [6, 6.07) is 7.04. The molecule has 1 aromatic heterocycles. The lowest BCUT2D eigenvalue weighted by molar-refractivity contribution is 0.328. The second kappa shape index (κ2) is 9.89. The molecule has 2 rings (SSSR count). The summed E-state index contributed by atoms with van der Waals surface area (Å²) in [6.45, 7) is 12.1. The van der Waals surface area contributed by atoms with Gasteiger partial charge in [0.1, 0.15) is 0 Å². The van der Waals surface area contributed by atoms with Crippen molar-refractivity contribution in [1.29, 1.82) is 0 Å². The number of nitrogens with zero attached hydrogens (tertiary/aromatic N) is 2. The molecule has 144 valence electrons. The lowest BCUT2D eigenvalue weighted by Crippen LogP contribution is -2.27. The van der Waals surface area contributed by atoms with Crippen LogP contribution in [0, 0.1) is 11.8 Å². The van der Waals surface area contributed by atoms with E-state index in [1.165, 1.54) is 22.3 Å². The average Bonchev–Trinajstić information content (AvgIpc) is 2.99. The molecule has 0 aliphatic carbocycles. The van der Waals surface area contributed by atoms with Crippen molar-refractivity contribution >= 4 is 0 Å². The van der Waals surface area contributed by atoms with Crippen LogP contribution >= 0.6 is 0 Å². The van der Waals surface area contributed by atoms with E-state index in [1.807, 2.05) is 13.2 Å². The molecule has 1 heterocycles. The summed E-state index contributed by atoms with van der Waals surface area (Å²) in [6.07, 6.45) is 4.27. The van der Waals surface area contributed by atoms with Gasteiger partial charge in [-0.1, -0.05) is 33.8 Å². The van der Waals surface area contributed by atoms with Crippen LogP contribution < -0.4 is 5.32 Å². The fourth-order valence-electron chi connectivity index (χ4n) is 3.44. The van der Waals surface area contributed by atoms with E-state index in [4.69, 9.17) is 0 Å². The summed E-state index contributed by atoms with van der Waals surface area (Å²) in [5.41, 5.74) is 6.45.